The molecule has 4 aromatic carbocycles. The molecular weight excluding hydrogens is 863 g/mol. The lowest BCUT2D eigenvalue weighted by Crippen LogP contribution is -2.05. The largest absolute Gasteiger partial charge is 0.491 e. The van der Waals surface area contributed by atoms with Crippen molar-refractivity contribution in [3.05, 3.63) is 157 Å². The normalized spacial score (nSPS) is 9.96. The Kier molecular flexibility index (Phi) is 26.0. The van der Waals surface area contributed by atoms with E-state index in [-0.39, 0.29) is 51.4 Å². The smallest absolute Gasteiger partial charge is 0.229 e. The number of allylic oxidation sites excluding steroid dienone is 1. The number of nitrogens with one attached hydrogen (secondary N) is 4. The number of rotatable bonds is 19. The van der Waals surface area contributed by atoms with Crippen LogP contribution in [0.3, 0.4) is 0 Å². The summed E-state index contributed by atoms with van der Waals surface area (Å²) in [7, 11) is 3.22. The highest BCUT2D eigenvalue weighted by molar-refractivity contribution is 5.77. The van der Waals surface area contributed by atoms with Crippen molar-refractivity contribution in [2.75, 3.05) is 61.9 Å². The fourth-order valence-corrected chi connectivity index (χ4v) is 5.05. The number of ether oxygens (including phenoxy) is 4. The van der Waals surface area contributed by atoms with Crippen molar-refractivity contribution in [2.24, 2.45) is 0 Å². The molecule has 0 aliphatic carbocycles. The maximum atomic E-state index is 14.3. The minimum Gasteiger partial charge on any atom is -0.491 e. The van der Waals surface area contributed by atoms with E-state index in [9.17, 15) is 18.7 Å². The molecule has 0 aliphatic heterocycles. The number of hydrogen-bond donors (Lipinski definition) is 5. The van der Waals surface area contributed by atoms with E-state index in [1.54, 1.807) is 117 Å². The maximum Gasteiger partial charge on any atom is 0.229 e. The molecule has 0 saturated heterocycles. The SMILES string of the molecule is C.C.C.C=C(C#N)C(O)c1cccc(Nc2nc(Nc3ccc(OCCOC)cc3)ncc2F)c1.C=CC#N.COCCOc1ccc(Nc2ncc(F)c(Nc3cccc(C=O)c3)n2)cc1. The van der Waals surface area contributed by atoms with Gasteiger partial charge in [-0.1, -0.05) is 59.7 Å². The van der Waals surface area contributed by atoms with Crippen LogP contribution in [-0.2, 0) is 9.47 Å². The fourth-order valence-electron chi connectivity index (χ4n) is 5.05. The van der Waals surface area contributed by atoms with Crippen molar-refractivity contribution in [3.63, 3.8) is 0 Å². The molecule has 0 spiro atoms. The Morgan fingerprint density at radius 3 is 1.57 bits per heavy atom. The van der Waals surface area contributed by atoms with Crippen molar-refractivity contribution >= 4 is 52.6 Å². The molecule has 0 fully saturated rings. The van der Waals surface area contributed by atoms with Gasteiger partial charge in [-0.3, -0.25) is 4.79 Å². The van der Waals surface area contributed by atoms with Crippen LogP contribution in [0.4, 0.5) is 55.1 Å². The standard InChI is InChI=1S/C23H22FN5O3.C20H19FN4O3.C3H3N.3CH4/c1-15(13-25)21(30)16-4-3-5-18(12-16)27-22-20(24)14-26-23(29-22)28-17-6-8-19(9-7-17)32-11-10-31-2;1-27-9-10-28-17-7-5-15(6-8-17)24-20-22-12-18(21)19(25-20)23-16-4-2-3-14(11-16)13-26;1-2-3-4;;;/h3-9,12,14,21,30H,1,10-11H2,2H3,(H2,26,27,28,29);2-8,11-13H,9-10H2,1H3,(H2,22,23,24,25);2H,1H2;3*1H4. The van der Waals surface area contributed by atoms with E-state index in [0.29, 0.717) is 66.1 Å². The van der Waals surface area contributed by atoms with Gasteiger partial charge in [0.15, 0.2) is 23.3 Å². The van der Waals surface area contributed by atoms with Crippen molar-refractivity contribution in [1.29, 1.82) is 10.5 Å². The average Bonchev–Trinajstić information content (AvgIpc) is 3.32. The summed E-state index contributed by atoms with van der Waals surface area (Å²) in [4.78, 5) is 27.1. The summed E-state index contributed by atoms with van der Waals surface area (Å²) < 4.78 is 49.3. The molecular formula is C49H56F2N10O6. The minimum absolute atomic E-state index is 0. The van der Waals surface area contributed by atoms with E-state index in [1.165, 1.54) is 6.08 Å². The summed E-state index contributed by atoms with van der Waals surface area (Å²) in [5.41, 5.74) is 3.38. The number of aliphatic hydroxyl groups is 1. The van der Waals surface area contributed by atoms with Gasteiger partial charge in [-0.25, -0.2) is 18.7 Å². The van der Waals surface area contributed by atoms with Gasteiger partial charge in [-0.05, 0) is 78.4 Å². The van der Waals surface area contributed by atoms with Gasteiger partial charge in [0.05, 0.1) is 43.3 Å². The number of carbonyl (C=O) groups is 1. The summed E-state index contributed by atoms with van der Waals surface area (Å²) in [5, 5.41) is 38.3. The topological polar surface area (TPSA) is 221 Å². The monoisotopic (exact) mass is 918 g/mol. The summed E-state index contributed by atoms with van der Waals surface area (Å²) in [6.45, 7) is 8.55. The molecule has 0 saturated carbocycles. The third-order valence-electron chi connectivity index (χ3n) is 8.14. The number of nitriles is 2. The van der Waals surface area contributed by atoms with Crippen molar-refractivity contribution in [1.82, 2.24) is 19.9 Å². The van der Waals surface area contributed by atoms with Gasteiger partial charge in [0.2, 0.25) is 11.9 Å². The Morgan fingerprint density at radius 1 is 0.701 bits per heavy atom. The van der Waals surface area contributed by atoms with E-state index >= 15 is 0 Å². The highest BCUT2D eigenvalue weighted by Crippen LogP contribution is 2.27. The van der Waals surface area contributed by atoms with Gasteiger partial charge in [0.25, 0.3) is 0 Å². The summed E-state index contributed by atoms with van der Waals surface area (Å²) >= 11 is 0. The first-order valence-electron chi connectivity index (χ1n) is 19.1. The van der Waals surface area contributed by atoms with Crippen LogP contribution >= 0.6 is 0 Å². The highest BCUT2D eigenvalue weighted by Gasteiger charge is 2.14. The Labute approximate surface area is 390 Å². The molecule has 1 unspecified atom stereocenters. The zero-order chi connectivity index (χ0) is 46.1. The van der Waals surface area contributed by atoms with Crippen molar-refractivity contribution in [3.8, 4) is 23.6 Å². The number of carbonyl (C=O) groups excluding carboxylic acids is 1. The lowest BCUT2D eigenvalue weighted by atomic mass is 10.0. The van der Waals surface area contributed by atoms with Crippen LogP contribution in [0.15, 0.2) is 134 Å². The molecule has 0 amide bonds. The van der Waals surface area contributed by atoms with Crippen LogP contribution in [0.25, 0.3) is 0 Å². The van der Waals surface area contributed by atoms with Gasteiger partial charge in [-0.15, -0.1) is 0 Å². The van der Waals surface area contributed by atoms with Gasteiger partial charge in [0, 0.05) is 48.6 Å². The quantitative estimate of drug-likeness (QED) is 0.0290. The molecule has 5 N–H and O–H groups in total. The average molecular weight is 919 g/mol. The van der Waals surface area contributed by atoms with Crippen LogP contribution < -0.4 is 30.7 Å². The predicted molar refractivity (Wildman–Crippen MR) is 259 cm³/mol. The van der Waals surface area contributed by atoms with Crippen LogP contribution in [-0.4, -0.2) is 72.0 Å². The number of aromatic nitrogens is 4. The number of benzene rings is 4. The lowest BCUT2D eigenvalue weighted by Gasteiger charge is -2.13. The summed E-state index contributed by atoms with van der Waals surface area (Å²) in [6, 6.07) is 31.1. The Balaban J connectivity index is 0.000000599. The Bertz CT molecular complexity index is 2540. The molecule has 67 heavy (non-hydrogen) atoms. The molecule has 0 bridgehead atoms. The highest BCUT2D eigenvalue weighted by atomic mass is 19.1. The first-order chi connectivity index (χ1) is 31.1. The van der Waals surface area contributed by atoms with E-state index in [2.05, 4.69) is 54.4 Å². The molecule has 6 aromatic rings. The Hall–Kier alpha value is -8.29. The number of anilines is 8. The first-order valence-corrected chi connectivity index (χ1v) is 19.1. The van der Waals surface area contributed by atoms with E-state index < -0.39 is 17.7 Å². The van der Waals surface area contributed by atoms with Crippen LogP contribution in [0.5, 0.6) is 11.5 Å². The second-order valence-electron chi connectivity index (χ2n) is 12.8. The predicted octanol–water partition coefficient (Wildman–Crippen LogP) is 10.8. The Morgan fingerprint density at radius 2 is 1.15 bits per heavy atom. The number of aldehydes is 1. The number of methoxy groups -OCH3 is 2. The summed E-state index contributed by atoms with van der Waals surface area (Å²) in [6.07, 6.45) is 2.88. The second-order valence-corrected chi connectivity index (χ2v) is 12.8. The van der Waals surface area contributed by atoms with Crippen molar-refractivity contribution in [2.45, 2.75) is 28.4 Å². The number of nitrogens with zero attached hydrogens (tertiary/aromatic N) is 6. The fraction of sp³-hybridized carbons (Fsp3) is 0.204. The van der Waals surface area contributed by atoms with Gasteiger partial charge in [0.1, 0.15) is 37.1 Å². The third kappa shape index (κ3) is 19.2. The molecule has 352 valence electrons. The maximum absolute atomic E-state index is 14.3. The molecule has 18 heteroatoms. The molecule has 0 radical (unpaired) electrons. The zero-order valence-corrected chi connectivity index (χ0v) is 34.8. The summed E-state index contributed by atoms with van der Waals surface area (Å²) in [5.74, 6) is 0.511. The molecule has 2 aromatic heterocycles. The third-order valence-corrected chi connectivity index (χ3v) is 8.14. The molecule has 2 heterocycles. The van der Waals surface area contributed by atoms with Crippen LogP contribution in [0.1, 0.15) is 44.3 Å². The van der Waals surface area contributed by atoms with Crippen molar-refractivity contribution < 1.29 is 37.6 Å². The van der Waals surface area contributed by atoms with Crippen LogP contribution in [0, 0.1) is 34.3 Å². The molecule has 1 atom stereocenters. The molecule has 16 nitrogen and oxygen atoms in total. The zero-order valence-electron chi connectivity index (χ0n) is 34.8. The van der Waals surface area contributed by atoms with Gasteiger partial charge < -0.3 is 45.3 Å². The van der Waals surface area contributed by atoms with E-state index in [1.807, 2.05) is 6.07 Å². The lowest BCUT2D eigenvalue weighted by molar-refractivity contribution is 0.112. The van der Waals surface area contributed by atoms with Crippen LogP contribution in [0.2, 0.25) is 0 Å². The van der Waals surface area contributed by atoms with E-state index in [0.717, 1.165) is 24.4 Å². The second kappa shape index (κ2) is 30.7. The van der Waals surface area contributed by atoms with E-state index in [4.69, 9.17) is 29.5 Å². The number of aliphatic hydroxyl groups excluding tert-OH is 1. The van der Waals surface area contributed by atoms with Gasteiger partial charge >= 0.3 is 0 Å². The minimum atomic E-state index is -1.14. The van der Waals surface area contributed by atoms with Gasteiger partial charge in [-0.2, -0.15) is 20.5 Å². The number of halogens is 2. The molecule has 0 aliphatic rings. The molecule has 6 rings (SSSR count). The number of hydrogen-bond acceptors (Lipinski definition) is 16. The first kappa shape index (κ1) is 56.7.